The van der Waals surface area contributed by atoms with Gasteiger partial charge in [-0.2, -0.15) is 0 Å². The molecular formula is C23H32O. The van der Waals surface area contributed by atoms with Crippen LogP contribution < -0.4 is 4.74 Å². The van der Waals surface area contributed by atoms with Gasteiger partial charge in [-0.15, -0.1) is 5.92 Å². The van der Waals surface area contributed by atoms with Crippen molar-refractivity contribution in [3.8, 4) is 17.6 Å². The van der Waals surface area contributed by atoms with Gasteiger partial charge in [0.2, 0.25) is 0 Å². The van der Waals surface area contributed by atoms with Gasteiger partial charge in [-0.25, -0.2) is 0 Å². The fourth-order valence-corrected chi connectivity index (χ4v) is 4.69. The highest BCUT2D eigenvalue weighted by molar-refractivity contribution is 5.33. The van der Waals surface area contributed by atoms with E-state index in [0.29, 0.717) is 5.92 Å². The first kappa shape index (κ1) is 17.4. The molecule has 1 nitrogen and oxygen atoms in total. The third-order valence-electron chi connectivity index (χ3n) is 6.33. The highest BCUT2D eigenvalue weighted by atomic mass is 16.5. The average Bonchev–Trinajstić information content (AvgIpc) is 3.08. The van der Waals surface area contributed by atoms with Crippen molar-refractivity contribution in [3.63, 3.8) is 0 Å². The summed E-state index contributed by atoms with van der Waals surface area (Å²) in [5, 5.41) is 0. The lowest BCUT2D eigenvalue weighted by molar-refractivity contribution is 0.120. The molecule has 1 heteroatoms. The molecule has 1 aromatic rings. The van der Waals surface area contributed by atoms with Crippen LogP contribution in [0.3, 0.4) is 0 Å². The summed E-state index contributed by atoms with van der Waals surface area (Å²) < 4.78 is 6.09. The Kier molecular flexibility index (Phi) is 5.88. The zero-order valence-corrected chi connectivity index (χ0v) is 15.4. The van der Waals surface area contributed by atoms with Crippen LogP contribution in [0.2, 0.25) is 0 Å². The zero-order chi connectivity index (χ0) is 16.8. The highest BCUT2D eigenvalue weighted by Crippen LogP contribution is 2.50. The summed E-state index contributed by atoms with van der Waals surface area (Å²) in [7, 11) is 0. The molecule has 24 heavy (non-hydrogen) atoms. The standard InChI is InChI=1S/C23H32O/c1-3-7-20(4-2)21-8-10-22(11-9-21)24-18-19-12-16-23(17-13-19)14-5-6-15-23/h8-11,19-20H,4-6,12-18H2,1-2H3/t20-/m1/s1. The molecule has 2 saturated carbocycles. The molecule has 0 saturated heterocycles. The van der Waals surface area contributed by atoms with E-state index < -0.39 is 0 Å². The first-order valence-electron chi connectivity index (χ1n) is 9.90. The summed E-state index contributed by atoms with van der Waals surface area (Å²) in [5.74, 6) is 8.44. The Labute approximate surface area is 148 Å². The predicted octanol–water partition coefficient (Wildman–Crippen LogP) is 6.33. The van der Waals surface area contributed by atoms with Crippen LogP contribution in [0.15, 0.2) is 24.3 Å². The predicted molar refractivity (Wildman–Crippen MR) is 101 cm³/mol. The van der Waals surface area contributed by atoms with E-state index in [1.54, 1.807) is 0 Å². The molecule has 3 rings (SSSR count). The second kappa shape index (κ2) is 8.11. The number of ether oxygens (including phenoxy) is 1. The SMILES string of the molecule is CC#C[C@@H](CC)c1ccc(OCC2CCC3(CCCC3)CC2)cc1. The second-order valence-corrected chi connectivity index (χ2v) is 7.89. The van der Waals surface area contributed by atoms with E-state index in [0.717, 1.165) is 30.1 Å². The van der Waals surface area contributed by atoms with Crippen molar-refractivity contribution < 1.29 is 4.74 Å². The Morgan fingerprint density at radius 3 is 2.33 bits per heavy atom. The van der Waals surface area contributed by atoms with Crippen LogP contribution in [0.25, 0.3) is 0 Å². The summed E-state index contributed by atoms with van der Waals surface area (Å²) in [6.07, 6.45) is 12.6. The Bertz CT molecular complexity index is 558. The molecule has 0 aromatic heterocycles. The molecule has 1 aromatic carbocycles. The third kappa shape index (κ3) is 4.15. The van der Waals surface area contributed by atoms with Gasteiger partial charge in [-0.3, -0.25) is 0 Å². The zero-order valence-electron chi connectivity index (χ0n) is 15.4. The lowest BCUT2D eigenvalue weighted by atomic mass is 9.69. The second-order valence-electron chi connectivity index (χ2n) is 7.89. The Hall–Kier alpha value is -1.42. The summed E-state index contributed by atoms with van der Waals surface area (Å²) in [5.41, 5.74) is 2.04. The molecule has 0 amide bonds. The average molecular weight is 325 g/mol. The molecule has 0 N–H and O–H groups in total. The van der Waals surface area contributed by atoms with Crippen LogP contribution in [0, 0.1) is 23.2 Å². The van der Waals surface area contributed by atoms with Crippen LogP contribution in [-0.2, 0) is 0 Å². The van der Waals surface area contributed by atoms with Gasteiger partial charge in [-0.05, 0) is 80.9 Å². The summed E-state index contributed by atoms with van der Waals surface area (Å²) in [6.45, 7) is 5.00. The van der Waals surface area contributed by atoms with Gasteiger partial charge in [0.25, 0.3) is 0 Å². The first-order valence-corrected chi connectivity index (χ1v) is 9.90. The fourth-order valence-electron chi connectivity index (χ4n) is 4.69. The number of rotatable bonds is 5. The highest BCUT2D eigenvalue weighted by Gasteiger charge is 2.37. The quantitative estimate of drug-likeness (QED) is 0.575. The first-order chi connectivity index (χ1) is 11.7. The summed E-state index contributed by atoms with van der Waals surface area (Å²) >= 11 is 0. The van der Waals surface area contributed by atoms with Gasteiger partial charge >= 0.3 is 0 Å². The topological polar surface area (TPSA) is 9.23 Å². The van der Waals surface area contributed by atoms with Gasteiger partial charge < -0.3 is 4.74 Å². The molecule has 130 valence electrons. The van der Waals surface area contributed by atoms with Crippen molar-refractivity contribution in [2.24, 2.45) is 11.3 Å². The van der Waals surface area contributed by atoms with Crippen LogP contribution in [0.1, 0.15) is 83.1 Å². The van der Waals surface area contributed by atoms with Gasteiger partial charge in [0.05, 0.1) is 6.61 Å². The number of hydrogen-bond donors (Lipinski definition) is 0. The van der Waals surface area contributed by atoms with Gasteiger partial charge in [0.1, 0.15) is 5.75 Å². The maximum Gasteiger partial charge on any atom is 0.119 e. The Morgan fingerprint density at radius 1 is 1.08 bits per heavy atom. The van der Waals surface area contributed by atoms with E-state index in [-0.39, 0.29) is 0 Å². The minimum absolute atomic E-state index is 0.352. The maximum atomic E-state index is 6.09. The lowest BCUT2D eigenvalue weighted by Crippen LogP contribution is -2.27. The van der Waals surface area contributed by atoms with E-state index in [9.17, 15) is 0 Å². The summed E-state index contributed by atoms with van der Waals surface area (Å²) in [4.78, 5) is 0. The van der Waals surface area contributed by atoms with E-state index >= 15 is 0 Å². The van der Waals surface area contributed by atoms with Gasteiger partial charge in [-0.1, -0.05) is 37.8 Å². The van der Waals surface area contributed by atoms with E-state index in [4.69, 9.17) is 4.74 Å². The smallest absolute Gasteiger partial charge is 0.119 e. The number of benzene rings is 1. The normalized spacial score (nSPS) is 21.2. The minimum Gasteiger partial charge on any atom is -0.493 e. The molecule has 0 radical (unpaired) electrons. The molecule has 0 unspecified atom stereocenters. The van der Waals surface area contributed by atoms with Crippen molar-refractivity contribution in [2.75, 3.05) is 6.61 Å². The molecule has 2 aliphatic rings. The Morgan fingerprint density at radius 2 is 1.75 bits per heavy atom. The van der Waals surface area contributed by atoms with Crippen molar-refractivity contribution in [1.29, 1.82) is 0 Å². The van der Waals surface area contributed by atoms with E-state index in [1.807, 2.05) is 6.92 Å². The molecule has 0 aliphatic heterocycles. The lowest BCUT2D eigenvalue weighted by Gasteiger charge is -2.37. The van der Waals surface area contributed by atoms with Crippen molar-refractivity contribution in [3.05, 3.63) is 29.8 Å². The fraction of sp³-hybridized carbons (Fsp3) is 0.652. The van der Waals surface area contributed by atoms with Crippen LogP contribution in [0.4, 0.5) is 0 Å². The molecule has 0 heterocycles. The van der Waals surface area contributed by atoms with Crippen molar-refractivity contribution >= 4 is 0 Å². The number of hydrogen-bond acceptors (Lipinski definition) is 1. The Balaban J connectivity index is 1.47. The molecule has 2 fully saturated rings. The van der Waals surface area contributed by atoms with Crippen LogP contribution >= 0.6 is 0 Å². The van der Waals surface area contributed by atoms with Gasteiger partial charge in [0, 0.05) is 5.92 Å². The van der Waals surface area contributed by atoms with Crippen LogP contribution in [0.5, 0.6) is 5.75 Å². The minimum atomic E-state index is 0.352. The monoisotopic (exact) mass is 324 g/mol. The van der Waals surface area contributed by atoms with Crippen molar-refractivity contribution in [1.82, 2.24) is 0 Å². The third-order valence-corrected chi connectivity index (χ3v) is 6.33. The van der Waals surface area contributed by atoms with E-state index in [1.165, 1.54) is 56.9 Å². The van der Waals surface area contributed by atoms with E-state index in [2.05, 4.69) is 43.0 Å². The molecular weight excluding hydrogens is 292 g/mol. The van der Waals surface area contributed by atoms with Crippen LogP contribution in [-0.4, -0.2) is 6.61 Å². The summed E-state index contributed by atoms with van der Waals surface area (Å²) in [6, 6.07) is 8.61. The maximum absolute atomic E-state index is 6.09. The molecule has 1 spiro atoms. The molecule has 2 aliphatic carbocycles. The molecule has 0 bridgehead atoms. The molecule has 1 atom stereocenters. The van der Waals surface area contributed by atoms with Crippen molar-refractivity contribution in [2.45, 2.75) is 77.6 Å². The van der Waals surface area contributed by atoms with Gasteiger partial charge in [0.15, 0.2) is 0 Å². The largest absolute Gasteiger partial charge is 0.493 e.